The minimum absolute atomic E-state index is 0.0389. The van der Waals surface area contributed by atoms with Crippen molar-refractivity contribution >= 4 is 34.2 Å². The Balaban J connectivity index is 1.85. The SMILES string of the molecule is O=C(O)c1ccc2ncc(C(=O)O)c(Nc3ccc4c(c3)OCCO4)c2c1. The minimum Gasteiger partial charge on any atom is -0.486 e. The summed E-state index contributed by atoms with van der Waals surface area (Å²) in [4.78, 5) is 27.1. The van der Waals surface area contributed by atoms with Crippen molar-refractivity contribution < 1.29 is 29.3 Å². The summed E-state index contributed by atoms with van der Waals surface area (Å²) in [6.07, 6.45) is 1.24. The van der Waals surface area contributed by atoms with Crippen molar-refractivity contribution in [3.63, 3.8) is 0 Å². The third kappa shape index (κ3) is 3.08. The smallest absolute Gasteiger partial charge is 0.339 e. The molecule has 8 heteroatoms. The van der Waals surface area contributed by atoms with Crippen LogP contribution in [0.15, 0.2) is 42.6 Å². The third-order valence-electron chi connectivity index (χ3n) is 4.16. The summed E-state index contributed by atoms with van der Waals surface area (Å²) in [7, 11) is 0. The van der Waals surface area contributed by atoms with Crippen LogP contribution < -0.4 is 14.8 Å². The number of hydrogen-bond acceptors (Lipinski definition) is 6. The molecular formula is C19H14N2O6. The van der Waals surface area contributed by atoms with Gasteiger partial charge in [-0.1, -0.05) is 0 Å². The lowest BCUT2D eigenvalue weighted by Gasteiger charge is -2.20. The fourth-order valence-corrected chi connectivity index (χ4v) is 2.89. The number of ether oxygens (including phenoxy) is 2. The molecule has 8 nitrogen and oxygen atoms in total. The molecule has 3 N–H and O–H groups in total. The molecule has 1 aromatic heterocycles. The van der Waals surface area contributed by atoms with E-state index in [4.69, 9.17) is 9.47 Å². The number of fused-ring (bicyclic) bond motifs is 2. The van der Waals surface area contributed by atoms with Gasteiger partial charge < -0.3 is 25.0 Å². The molecule has 27 heavy (non-hydrogen) atoms. The summed E-state index contributed by atoms with van der Waals surface area (Å²) in [6.45, 7) is 0.896. The van der Waals surface area contributed by atoms with Crippen molar-refractivity contribution in [2.45, 2.75) is 0 Å². The van der Waals surface area contributed by atoms with E-state index in [-0.39, 0.29) is 16.8 Å². The van der Waals surface area contributed by atoms with Gasteiger partial charge in [-0.2, -0.15) is 0 Å². The number of pyridine rings is 1. The van der Waals surface area contributed by atoms with E-state index in [1.165, 1.54) is 18.3 Å². The van der Waals surface area contributed by atoms with Crippen molar-refractivity contribution in [1.82, 2.24) is 4.98 Å². The Hall–Kier alpha value is -3.81. The predicted octanol–water partition coefficient (Wildman–Crippen LogP) is 3.15. The molecule has 136 valence electrons. The van der Waals surface area contributed by atoms with Crippen molar-refractivity contribution in [1.29, 1.82) is 0 Å². The van der Waals surface area contributed by atoms with Crippen LogP contribution in [0.3, 0.4) is 0 Å². The Morgan fingerprint density at radius 2 is 1.74 bits per heavy atom. The Morgan fingerprint density at radius 3 is 2.48 bits per heavy atom. The lowest BCUT2D eigenvalue weighted by molar-refractivity contribution is 0.0687. The van der Waals surface area contributed by atoms with Gasteiger partial charge in [-0.05, 0) is 30.3 Å². The molecule has 2 aromatic carbocycles. The lowest BCUT2D eigenvalue weighted by Crippen LogP contribution is -2.15. The number of benzene rings is 2. The molecule has 1 aliphatic rings. The predicted molar refractivity (Wildman–Crippen MR) is 96.4 cm³/mol. The van der Waals surface area contributed by atoms with E-state index in [9.17, 15) is 19.8 Å². The van der Waals surface area contributed by atoms with Crippen LogP contribution in [0, 0.1) is 0 Å². The van der Waals surface area contributed by atoms with Crippen LogP contribution in [0.4, 0.5) is 11.4 Å². The van der Waals surface area contributed by atoms with E-state index < -0.39 is 11.9 Å². The number of carboxylic acids is 2. The highest BCUT2D eigenvalue weighted by Gasteiger charge is 2.18. The zero-order chi connectivity index (χ0) is 19.0. The van der Waals surface area contributed by atoms with Gasteiger partial charge in [-0.3, -0.25) is 4.98 Å². The molecule has 3 aromatic rings. The summed E-state index contributed by atoms with van der Waals surface area (Å²) in [5.41, 5.74) is 1.28. The van der Waals surface area contributed by atoms with E-state index in [2.05, 4.69) is 10.3 Å². The fourth-order valence-electron chi connectivity index (χ4n) is 2.89. The maximum atomic E-state index is 11.7. The van der Waals surface area contributed by atoms with Crippen LogP contribution >= 0.6 is 0 Å². The summed E-state index contributed by atoms with van der Waals surface area (Å²) in [5, 5.41) is 22.2. The van der Waals surface area contributed by atoms with Crippen LogP contribution in [0.5, 0.6) is 11.5 Å². The number of nitrogens with zero attached hydrogens (tertiary/aromatic N) is 1. The summed E-state index contributed by atoms with van der Waals surface area (Å²) < 4.78 is 11.0. The van der Waals surface area contributed by atoms with Crippen LogP contribution in [0.1, 0.15) is 20.7 Å². The zero-order valence-electron chi connectivity index (χ0n) is 13.9. The maximum Gasteiger partial charge on any atom is 0.339 e. The molecule has 0 bridgehead atoms. The van der Waals surface area contributed by atoms with Crippen molar-refractivity contribution in [2.24, 2.45) is 0 Å². The molecule has 0 amide bonds. The number of aromatic nitrogens is 1. The second kappa shape index (κ2) is 6.49. The number of aromatic carboxylic acids is 2. The van der Waals surface area contributed by atoms with Crippen LogP contribution in [-0.2, 0) is 0 Å². The average molecular weight is 366 g/mol. The molecule has 0 unspecified atom stereocenters. The lowest BCUT2D eigenvalue weighted by atomic mass is 10.1. The maximum absolute atomic E-state index is 11.7. The molecule has 0 atom stereocenters. The number of anilines is 2. The van der Waals surface area contributed by atoms with Gasteiger partial charge in [-0.25, -0.2) is 9.59 Å². The molecule has 0 spiro atoms. The van der Waals surface area contributed by atoms with E-state index in [0.29, 0.717) is 41.3 Å². The average Bonchev–Trinajstić information content (AvgIpc) is 2.67. The molecule has 0 saturated heterocycles. The van der Waals surface area contributed by atoms with E-state index in [0.717, 1.165) is 0 Å². The first-order valence-corrected chi connectivity index (χ1v) is 8.09. The zero-order valence-corrected chi connectivity index (χ0v) is 13.9. The molecule has 0 saturated carbocycles. The number of rotatable bonds is 4. The van der Waals surface area contributed by atoms with Gasteiger partial charge in [0.15, 0.2) is 11.5 Å². The monoisotopic (exact) mass is 366 g/mol. The van der Waals surface area contributed by atoms with Gasteiger partial charge in [0.2, 0.25) is 0 Å². The number of nitrogens with one attached hydrogen (secondary N) is 1. The van der Waals surface area contributed by atoms with E-state index in [1.54, 1.807) is 24.3 Å². The standard InChI is InChI=1S/C19H14N2O6/c22-18(23)10-1-3-14-12(7-10)17(13(9-20-14)19(24)25)21-11-2-4-15-16(8-11)27-6-5-26-15/h1-4,7-9H,5-6H2,(H,20,21)(H,22,23)(H,24,25). The first-order chi connectivity index (χ1) is 13.0. The molecule has 1 aliphatic heterocycles. The second-order valence-corrected chi connectivity index (χ2v) is 5.87. The third-order valence-corrected chi connectivity index (χ3v) is 4.16. The summed E-state index contributed by atoms with van der Waals surface area (Å²) in [5.74, 6) is -1.13. The quantitative estimate of drug-likeness (QED) is 0.644. The molecule has 2 heterocycles. The molecule has 0 aliphatic carbocycles. The Labute approximate surface area is 153 Å². The highest BCUT2D eigenvalue weighted by atomic mass is 16.6. The summed E-state index contributed by atoms with van der Waals surface area (Å²) >= 11 is 0. The second-order valence-electron chi connectivity index (χ2n) is 5.87. The number of carboxylic acid groups (broad SMARTS) is 2. The van der Waals surface area contributed by atoms with Crippen molar-refractivity contribution in [3.8, 4) is 11.5 Å². The summed E-state index contributed by atoms with van der Waals surface area (Å²) in [6, 6.07) is 9.52. The van der Waals surface area contributed by atoms with Gasteiger partial charge in [0.1, 0.15) is 18.8 Å². The van der Waals surface area contributed by atoms with Gasteiger partial charge in [0.05, 0.1) is 16.8 Å². The fraction of sp³-hybridized carbons (Fsp3) is 0.105. The highest BCUT2D eigenvalue weighted by molar-refractivity contribution is 6.07. The van der Waals surface area contributed by atoms with Gasteiger partial charge in [-0.15, -0.1) is 0 Å². The van der Waals surface area contributed by atoms with E-state index in [1.807, 2.05) is 0 Å². The minimum atomic E-state index is -1.18. The first kappa shape index (κ1) is 16.6. The molecule has 0 radical (unpaired) electrons. The highest BCUT2D eigenvalue weighted by Crippen LogP contribution is 2.36. The molecule has 4 rings (SSSR count). The van der Waals surface area contributed by atoms with Crippen LogP contribution in [0.25, 0.3) is 10.9 Å². The number of carbonyl (C=O) groups is 2. The first-order valence-electron chi connectivity index (χ1n) is 8.09. The van der Waals surface area contributed by atoms with E-state index >= 15 is 0 Å². The van der Waals surface area contributed by atoms with Gasteiger partial charge in [0.25, 0.3) is 0 Å². The number of hydrogen-bond donors (Lipinski definition) is 3. The van der Waals surface area contributed by atoms with Gasteiger partial charge in [0, 0.05) is 23.3 Å². The van der Waals surface area contributed by atoms with Crippen LogP contribution in [-0.4, -0.2) is 40.3 Å². The van der Waals surface area contributed by atoms with Crippen LogP contribution in [0.2, 0.25) is 0 Å². The van der Waals surface area contributed by atoms with Gasteiger partial charge >= 0.3 is 11.9 Å². The normalized spacial score (nSPS) is 12.6. The van der Waals surface area contributed by atoms with Crippen molar-refractivity contribution in [3.05, 3.63) is 53.7 Å². The largest absolute Gasteiger partial charge is 0.486 e. The van der Waals surface area contributed by atoms with Crippen molar-refractivity contribution in [2.75, 3.05) is 18.5 Å². The Bertz CT molecular complexity index is 1070. The molecule has 0 fully saturated rings. The topological polar surface area (TPSA) is 118 Å². The molecular weight excluding hydrogens is 352 g/mol. The Morgan fingerprint density at radius 1 is 0.963 bits per heavy atom. The Kier molecular flexibility index (Phi) is 4.00.